The number of benzene rings is 1. The lowest BCUT2D eigenvalue weighted by molar-refractivity contribution is -0.242. The molecule has 4 rings (SSSR count). The molecule has 0 radical (unpaired) electrons. The first-order chi connectivity index (χ1) is 17.3. The maximum absolute atomic E-state index is 13.9. The Balaban J connectivity index is 1.70. The lowest BCUT2D eigenvalue weighted by Gasteiger charge is -2.31. The zero-order valence-corrected chi connectivity index (χ0v) is 20.5. The minimum atomic E-state index is -4.80. The number of amides is 1. The number of aliphatic hydroxyl groups is 1. The fourth-order valence-corrected chi connectivity index (χ4v) is 5.18. The van der Waals surface area contributed by atoms with Crippen LogP contribution in [-0.4, -0.2) is 67.4 Å². The number of alkyl halides is 3. The maximum atomic E-state index is 13.9. The predicted molar refractivity (Wildman–Crippen MR) is 124 cm³/mol. The molecule has 15 heteroatoms. The molecular formula is C22H23F3N4O7S. The Kier molecular flexibility index (Phi) is 6.85. The summed E-state index contributed by atoms with van der Waals surface area (Å²) in [5, 5.41) is 15.5. The zero-order valence-electron chi connectivity index (χ0n) is 19.7. The molecule has 1 aliphatic rings. The second-order valence-corrected chi connectivity index (χ2v) is 10.2. The van der Waals surface area contributed by atoms with Crippen molar-refractivity contribution in [3.63, 3.8) is 0 Å². The average Bonchev–Trinajstić information content (AvgIpc) is 3.20. The number of ether oxygens (including phenoxy) is 3. The van der Waals surface area contributed by atoms with Gasteiger partial charge in [-0.2, -0.15) is 13.2 Å². The van der Waals surface area contributed by atoms with Crippen LogP contribution in [0.4, 0.5) is 29.3 Å². The van der Waals surface area contributed by atoms with Crippen molar-refractivity contribution in [1.82, 2.24) is 9.61 Å². The summed E-state index contributed by atoms with van der Waals surface area (Å²) in [4.78, 5) is 11.9. The van der Waals surface area contributed by atoms with Crippen molar-refractivity contribution in [3.8, 4) is 11.6 Å². The van der Waals surface area contributed by atoms with Gasteiger partial charge < -0.3 is 19.3 Å². The predicted octanol–water partition coefficient (Wildman–Crippen LogP) is 3.18. The van der Waals surface area contributed by atoms with E-state index in [0.717, 1.165) is 4.31 Å². The number of fused-ring (bicyclic) bond motifs is 2. The molecule has 0 unspecified atom stereocenters. The molecule has 3 aromatic rings. The van der Waals surface area contributed by atoms with Gasteiger partial charge in [-0.1, -0.05) is 6.07 Å². The van der Waals surface area contributed by atoms with Gasteiger partial charge in [0.25, 0.3) is 15.9 Å². The van der Waals surface area contributed by atoms with Crippen molar-refractivity contribution in [3.05, 3.63) is 42.6 Å². The number of nitrogens with one attached hydrogen (secondary N) is 1. The number of hydrogen-bond donors (Lipinski definition) is 2. The number of hydrogen-bond acceptors (Lipinski definition) is 8. The summed E-state index contributed by atoms with van der Waals surface area (Å²) in [6.07, 6.45) is -4.65. The van der Waals surface area contributed by atoms with E-state index < -0.39 is 27.9 Å². The van der Waals surface area contributed by atoms with Crippen LogP contribution in [0.25, 0.3) is 5.52 Å². The Labute approximate surface area is 209 Å². The topological polar surface area (TPSA) is 132 Å². The summed E-state index contributed by atoms with van der Waals surface area (Å²) in [6, 6.07) is 8.75. The van der Waals surface area contributed by atoms with E-state index in [4.69, 9.17) is 14.6 Å². The molecule has 0 saturated carbocycles. The number of halogens is 3. The Morgan fingerprint density at radius 1 is 1.24 bits per heavy atom. The van der Waals surface area contributed by atoms with Crippen LogP contribution in [0.5, 0.6) is 11.6 Å². The number of sulfonamides is 1. The number of aliphatic hydroxyl groups excluding tert-OH is 1. The van der Waals surface area contributed by atoms with Crippen LogP contribution in [0.3, 0.4) is 0 Å². The summed E-state index contributed by atoms with van der Waals surface area (Å²) in [5.41, 5.74) is -2.53. The molecule has 0 bridgehead atoms. The molecule has 0 saturated heterocycles. The first-order valence-electron chi connectivity index (χ1n) is 10.9. The van der Waals surface area contributed by atoms with Crippen LogP contribution in [0, 0.1) is 0 Å². The molecule has 2 aromatic heterocycles. The van der Waals surface area contributed by atoms with Crippen molar-refractivity contribution in [2.75, 3.05) is 36.0 Å². The van der Waals surface area contributed by atoms with E-state index >= 15 is 0 Å². The molecule has 2 N–H and O–H groups in total. The van der Waals surface area contributed by atoms with Crippen LogP contribution in [0.1, 0.15) is 13.8 Å². The highest BCUT2D eigenvalue weighted by Crippen LogP contribution is 2.40. The molecule has 0 spiro atoms. The van der Waals surface area contributed by atoms with Crippen molar-refractivity contribution < 1.29 is 45.7 Å². The van der Waals surface area contributed by atoms with Gasteiger partial charge in [-0.05, 0) is 44.2 Å². The largest absolute Gasteiger partial charge is 0.489 e. The van der Waals surface area contributed by atoms with E-state index in [1.165, 1.54) is 35.0 Å². The molecule has 0 atom stereocenters. The van der Waals surface area contributed by atoms with E-state index in [-0.39, 0.29) is 59.8 Å². The van der Waals surface area contributed by atoms with Crippen LogP contribution in [0.15, 0.2) is 47.5 Å². The van der Waals surface area contributed by atoms with Crippen LogP contribution in [0.2, 0.25) is 0 Å². The third-order valence-electron chi connectivity index (χ3n) is 5.40. The van der Waals surface area contributed by atoms with Crippen LogP contribution in [-0.2, 0) is 14.8 Å². The number of nitrogens with zero attached hydrogens (tertiary/aromatic N) is 3. The fraction of sp³-hybridized carbons (Fsp3) is 0.364. The molecule has 0 aliphatic carbocycles. The average molecular weight is 545 g/mol. The van der Waals surface area contributed by atoms with Gasteiger partial charge in [-0.25, -0.2) is 17.7 Å². The van der Waals surface area contributed by atoms with Gasteiger partial charge in [0.2, 0.25) is 5.60 Å². The number of rotatable bonds is 7. The van der Waals surface area contributed by atoms with E-state index in [9.17, 15) is 26.4 Å². The Morgan fingerprint density at radius 2 is 2.00 bits per heavy atom. The minimum Gasteiger partial charge on any atom is -0.489 e. The summed E-state index contributed by atoms with van der Waals surface area (Å²) in [5.74, 6) is -0.0563. The Morgan fingerprint density at radius 3 is 2.70 bits per heavy atom. The molecule has 0 fully saturated rings. The molecule has 37 heavy (non-hydrogen) atoms. The third kappa shape index (κ3) is 5.09. The molecule has 1 aliphatic heterocycles. The second kappa shape index (κ2) is 9.63. The number of aromatic nitrogens is 2. The SMILES string of the molecule is CC(C)(OC(=O)Nc1ccc2c(c1)N(S(=O)(=O)c1c(OCCO)nn3ccccc13)CCO2)C(F)(F)F. The molecule has 11 nitrogen and oxygen atoms in total. The highest BCUT2D eigenvalue weighted by atomic mass is 32.2. The fourth-order valence-electron chi connectivity index (χ4n) is 3.50. The van der Waals surface area contributed by atoms with E-state index in [1.54, 1.807) is 12.1 Å². The van der Waals surface area contributed by atoms with Crippen molar-refractivity contribution in [2.45, 2.75) is 30.5 Å². The minimum absolute atomic E-state index is 0.00681. The van der Waals surface area contributed by atoms with Gasteiger partial charge in [0, 0.05) is 11.9 Å². The van der Waals surface area contributed by atoms with Crippen molar-refractivity contribution in [1.29, 1.82) is 0 Å². The summed E-state index contributed by atoms with van der Waals surface area (Å²) < 4.78 is 84.8. The number of carbonyl (C=O) groups is 1. The van der Waals surface area contributed by atoms with Gasteiger partial charge >= 0.3 is 12.3 Å². The lowest BCUT2D eigenvalue weighted by Crippen LogP contribution is -2.44. The molecule has 200 valence electrons. The highest BCUT2D eigenvalue weighted by Gasteiger charge is 2.51. The lowest BCUT2D eigenvalue weighted by atomic mass is 10.1. The Hall–Kier alpha value is -3.72. The normalized spacial score (nSPS) is 14.2. The van der Waals surface area contributed by atoms with Crippen LogP contribution >= 0.6 is 0 Å². The highest BCUT2D eigenvalue weighted by molar-refractivity contribution is 7.93. The van der Waals surface area contributed by atoms with Gasteiger partial charge in [-0.15, -0.1) is 5.10 Å². The van der Waals surface area contributed by atoms with Gasteiger partial charge in [0.15, 0.2) is 4.90 Å². The standard InChI is InChI=1S/C22H23F3N4O7S/c1-21(2,22(23,24)25)36-20(31)26-14-6-7-17-16(13-14)29(9-11-34-17)37(32,33)18-15-5-3-4-8-28(15)27-19(18)35-12-10-30/h3-8,13,30H,9-12H2,1-2H3,(H,26,31). The number of pyridine rings is 1. The van der Waals surface area contributed by atoms with Gasteiger partial charge in [0.05, 0.1) is 24.4 Å². The third-order valence-corrected chi connectivity index (χ3v) is 7.26. The van der Waals surface area contributed by atoms with E-state index in [1.807, 2.05) is 0 Å². The monoisotopic (exact) mass is 544 g/mol. The molecular weight excluding hydrogens is 521 g/mol. The van der Waals surface area contributed by atoms with Crippen LogP contribution < -0.4 is 19.1 Å². The quantitative estimate of drug-likeness (QED) is 0.464. The molecule has 1 aromatic carbocycles. The van der Waals surface area contributed by atoms with Gasteiger partial charge in [-0.3, -0.25) is 9.62 Å². The van der Waals surface area contributed by atoms with Gasteiger partial charge in [0.1, 0.15) is 19.0 Å². The smallest absolute Gasteiger partial charge is 0.427 e. The zero-order chi connectivity index (χ0) is 27.0. The number of carbonyl (C=O) groups excluding carboxylic acids is 1. The first kappa shape index (κ1) is 26.3. The van der Waals surface area contributed by atoms with Crippen molar-refractivity contribution in [2.24, 2.45) is 0 Å². The summed E-state index contributed by atoms with van der Waals surface area (Å²) in [7, 11) is -4.34. The molecule has 1 amide bonds. The summed E-state index contributed by atoms with van der Waals surface area (Å²) >= 11 is 0. The summed E-state index contributed by atoms with van der Waals surface area (Å²) in [6.45, 7) is 0.726. The van der Waals surface area contributed by atoms with E-state index in [0.29, 0.717) is 13.8 Å². The first-order valence-corrected chi connectivity index (χ1v) is 12.4. The Bertz CT molecular complexity index is 1420. The maximum Gasteiger partial charge on any atom is 0.427 e. The van der Waals surface area contributed by atoms with E-state index in [2.05, 4.69) is 15.2 Å². The second-order valence-electron chi connectivity index (χ2n) is 8.37. The van der Waals surface area contributed by atoms with Crippen molar-refractivity contribution >= 4 is 33.0 Å². The molecule has 3 heterocycles. The number of anilines is 2.